The van der Waals surface area contributed by atoms with Crippen LogP contribution in [0.3, 0.4) is 0 Å². The van der Waals surface area contributed by atoms with Gasteiger partial charge in [-0.25, -0.2) is 4.79 Å². The summed E-state index contributed by atoms with van der Waals surface area (Å²) in [6.45, 7) is 8.15. The number of hydrogen-bond acceptors (Lipinski definition) is 4. The van der Waals surface area contributed by atoms with Crippen molar-refractivity contribution in [2.45, 2.75) is 39.5 Å². The van der Waals surface area contributed by atoms with Gasteiger partial charge in [-0.15, -0.1) is 0 Å². The van der Waals surface area contributed by atoms with Crippen LogP contribution in [-0.2, 0) is 0 Å². The van der Waals surface area contributed by atoms with Crippen molar-refractivity contribution in [2.24, 2.45) is 0 Å². The molecule has 1 aromatic heterocycles. The van der Waals surface area contributed by atoms with Crippen LogP contribution >= 0.6 is 0 Å². The summed E-state index contributed by atoms with van der Waals surface area (Å²) in [5.74, 6) is 0.825. The Morgan fingerprint density at radius 3 is 2.93 bits per heavy atom. The van der Waals surface area contributed by atoms with E-state index in [-0.39, 0.29) is 17.9 Å². The van der Waals surface area contributed by atoms with Gasteiger partial charge in [-0.2, -0.15) is 5.10 Å². The zero-order valence-electron chi connectivity index (χ0n) is 17.2. The molecular weight excluding hydrogens is 370 g/mol. The van der Waals surface area contributed by atoms with Gasteiger partial charge in [0.2, 0.25) is 0 Å². The first kappa shape index (κ1) is 20.7. The predicted octanol–water partition coefficient (Wildman–Crippen LogP) is 3.28. The normalized spacial score (nSPS) is 16.4. The Kier molecular flexibility index (Phi) is 6.74. The van der Waals surface area contributed by atoms with Gasteiger partial charge in [0.15, 0.2) is 0 Å². The second-order valence-electron chi connectivity index (χ2n) is 7.19. The predicted molar refractivity (Wildman–Crippen MR) is 112 cm³/mol. The van der Waals surface area contributed by atoms with Crippen molar-refractivity contribution >= 4 is 17.6 Å². The van der Waals surface area contributed by atoms with E-state index in [9.17, 15) is 9.59 Å². The van der Waals surface area contributed by atoms with Crippen molar-refractivity contribution < 1.29 is 14.3 Å². The van der Waals surface area contributed by atoms with Crippen LogP contribution in [0.5, 0.6) is 5.75 Å². The number of urea groups is 1. The minimum Gasteiger partial charge on any atom is -0.494 e. The minimum absolute atomic E-state index is 0.00611. The van der Waals surface area contributed by atoms with Gasteiger partial charge in [0, 0.05) is 31.1 Å². The number of aryl methyl sites for hydroxylation is 1. The van der Waals surface area contributed by atoms with Gasteiger partial charge in [0.25, 0.3) is 5.91 Å². The molecule has 8 heteroatoms. The van der Waals surface area contributed by atoms with Crippen molar-refractivity contribution in [3.05, 3.63) is 41.2 Å². The third-order valence-corrected chi connectivity index (χ3v) is 5.11. The van der Waals surface area contributed by atoms with Crippen LogP contribution in [0, 0.1) is 6.92 Å². The zero-order chi connectivity index (χ0) is 20.8. The number of anilines is 1. The lowest BCUT2D eigenvalue weighted by molar-refractivity contribution is 0.0705. The number of amides is 3. The molecule has 0 bridgehead atoms. The van der Waals surface area contributed by atoms with E-state index < -0.39 is 0 Å². The Morgan fingerprint density at radius 2 is 2.17 bits per heavy atom. The van der Waals surface area contributed by atoms with E-state index in [2.05, 4.69) is 20.8 Å². The highest BCUT2D eigenvalue weighted by Gasteiger charge is 2.28. The van der Waals surface area contributed by atoms with Crippen molar-refractivity contribution in [3.63, 3.8) is 0 Å². The summed E-state index contributed by atoms with van der Waals surface area (Å²) in [7, 11) is 0. The molecule has 1 saturated heterocycles. The number of hydrogen-bond donors (Lipinski definition) is 3. The Labute approximate surface area is 171 Å². The number of ether oxygens (including phenoxy) is 1. The van der Waals surface area contributed by atoms with Crippen LogP contribution in [0.4, 0.5) is 10.5 Å². The molecule has 8 nitrogen and oxygen atoms in total. The Balaban J connectivity index is 1.73. The van der Waals surface area contributed by atoms with Gasteiger partial charge in [-0.3, -0.25) is 9.89 Å². The van der Waals surface area contributed by atoms with Gasteiger partial charge in [0.1, 0.15) is 5.75 Å². The fourth-order valence-corrected chi connectivity index (χ4v) is 3.66. The summed E-state index contributed by atoms with van der Waals surface area (Å²) in [6, 6.07) is 5.33. The maximum Gasteiger partial charge on any atom is 0.319 e. The number of benzene rings is 1. The number of piperidine rings is 1. The van der Waals surface area contributed by atoms with Gasteiger partial charge < -0.3 is 20.3 Å². The van der Waals surface area contributed by atoms with E-state index in [0.717, 1.165) is 29.8 Å². The van der Waals surface area contributed by atoms with E-state index in [4.69, 9.17) is 4.74 Å². The molecule has 0 unspecified atom stereocenters. The summed E-state index contributed by atoms with van der Waals surface area (Å²) < 4.78 is 5.64. The third kappa shape index (κ3) is 4.88. The highest BCUT2D eigenvalue weighted by Crippen LogP contribution is 2.31. The van der Waals surface area contributed by atoms with Gasteiger partial charge in [0.05, 0.1) is 24.2 Å². The summed E-state index contributed by atoms with van der Waals surface area (Å²) >= 11 is 0. The smallest absolute Gasteiger partial charge is 0.319 e. The highest BCUT2D eigenvalue weighted by atomic mass is 16.5. The van der Waals surface area contributed by atoms with Crippen LogP contribution in [-0.4, -0.2) is 53.3 Å². The second-order valence-corrected chi connectivity index (χ2v) is 7.19. The number of H-pyrrole nitrogens is 1. The van der Waals surface area contributed by atoms with E-state index in [0.29, 0.717) is 37.5 Å². The van der Waals surface area contributed by atoms with E-state index in [1.807, 2.05) is 43.9 Å². The number of likely N-dealkylation sites (tertiary alicyclic amines) is 1. The molecule has 0 aliphatic carbocycles. The van der Waals surface area contributed by atoms with Crippen molar-refractivity contribution in [2.75, 3.05) is 31.6 Å². The Bertz CT molecular complexity index is 864. The van der Waals surface area contributed by atoms with Crippen LogP contribution in [0.25, 0.3) is 0 Å². The van der Waals surface area contributed by atoms with E-state index in [1.54, 1.807) is 6.20 Å². The molecule has 0 saturated carbocycles. The summed E-state index contributed by atoms with van der Waals surface area (Å²) in [6.07, 6.45) is 3.42. The highest BCUT2D eigenvalue weighted by molar-refractivity contribution is 5.95. The first-order valence-corrected chi connectivity index (χ1v) is 10.1. The number of carbonyl (C=O) groups excluding carboxylic acids is 2. The van der Waals surface area contributed by atoms with Gasteiger partial charge in [-0.1, -0.05) is 6.07 Å². The summed E-state index contributed by atoms with van der Waals surface area (Å²) in [5, 5.41) is 12.6. The monoisotopic (exact) mass is 399 g/mol. The van der Waals surface area contributed by atoms with Crippen molar-refractivity contribution in [3.8, 4) is 5.75 Å². The lowest BCUT2D eigenvalue weighted by Gasteiger charge is -2.33. The molecule has 1 fully saturated rings. The fraction of sp³-hybridized carbons (Fsp3) is 0.476. The number of carbonyl (C=O) groups is 2. The number of aromatic nitrogens is 2. The Hall–Kier alpha value is -3.03. The first-order valence-electron chi connectivity index (χ1n) is 10.1. The van der Waals surface area contributed by atoms with Crippen LogP contribution in [0.2, 0.25) is 0 Å². The van der Waals surface area contributed by atoms with Crippen LogP contribution < -0.4 is 15.4 Å². The average molecular weight is 399 g/mol. The lowest BCUT2D eigenvalue weighted by Crippen LogP contribution is -2.39. The van der Waals surface area contributed by atoms with E-state index in [1.165, 1.54) is 0 Å². The SMILES string of the molecule is CCNC(=O)Nc1cn[nH]c1[C@H]1CCCN(C(=O)c2ccc(C)c(OCC)c2)C1. The molecule has 2 heterocycles. The summed E-state index contributed by atoms with van der Waals surface area (Å²) in [4.78, 5) is 26.8. The van der Waals surface area contributed by atoms with Crippen molar-refractivity contribution in [1.29, 1.82) is 0 Å². The molecule has 2 aromatic rings. The molecule has 1 atom stereocenters. The number of aromatic amines is 1. The molecule has 1 aromatic carbocycles. The molecule has 1 aliphatic rings. The number of nitrogens with one attached hydrogen (secondary N) is 3. The first-order chi connectivity index (χ1) is 14.0. The molecule has 0 spiro atoms. The molecule has 3 N–H and O–H groups in total. The summed E-state index contributed by atoms with van der Waals surface area (Å²) in [5.41, 5.74) is 3.15. The molecule has 29 heavy (non-hydrogen) atoms. The third-order valence-electron chi connectivity index (χ3n) is 5.11. The average Bonchev–Trinajstić information content (AvgIpc) is 3.17. The Morgan fingerprint density at radius 1 is 1.34 bits per heavy atom. The number of nitrogens with zero attached hydrogens (tertiary/aromatic N) is 2. The van der Waals surface area contributed by atoms with Crippen LogP contribution in [0.15, 0.2) is 24.4 Å². The fourth-order valence-electron chi connectivity index (χ4n) is 3.66. The largest absolute Gasteiger partial charge is 0.494 e. The van der Waals surface area contributed by atoms with Gasteiger partial charge >= 0.3 is 6.03 Å². The molecule has 0 radical (unpaired) electrons. The molecule has 1 aliphatic heterocycles. The van der Waals surface area contributed by atoms with Crippen molar-refractivity contribution in [1.82, 2.24) is 20.4 Å². The van der Waals surface area contributed by atoms with Crippen LogP contribution in [0.1, 0.15) is 54.2 Å². The molecule has 3 amide bonds. The lowest BCUT2D eigenvalue weighted by atomic mass is 9.93. The molecule has 3 rings (SSSR count). The molecule has 156 valence electrons. The maximum atomic E-state index is 13.1. The second kappa shape index (κ2) is 9.45. The standard InChI is InChI=1S/C21H29N5O3/c1-4-22-21(28)24-17-12-23-25-19(17)16-7-6-10-26(13-16)20(27)15-9-8-14(3)18(11-15)29-5-2/h8-9,11-12,16H,4-7,10,13H2,1-3H3,(H,23,25)(H2,22,24,28)/t16-/m0/s1. The van der Waals surface area contributed by atoms with Gasteiger partial charge in [-0.05, 0) is 51.3 Å². The number of rotatable bonds is 6. The minimum atomic E-state index is -0.262. The quantitative estimate of drug-likeness (QED) is 0.694. The molecular formula is C21H29N5O3. The topological polar surface area (TPSA) is 99.4 Å². The zero-order valence-corrected chi connectivity index (χ0v) is 17.2. The maximum absolute atomic E-state index is 13.1. The van der Waals surface area contributed by atoms with E-state index >= 15 is 0 Å².